The van der Waals surface area contributed by atoms with Crippen LogP contribution in [0.4, 0.5) is 10.5 Å². The van der Waals surface area contributed by atoms with E-state index in [1.165, 1.54) is 5.56 Å². The van der Waals surface area contributed by atoms with Crippen LogP contribution in [-0.2, 0) is 11.3 Å². The van der Waals surface area contributed by atoms with Crippen molar-refractivity contribution in [3.63, 3.8) is 0 Å². The van der Waals surface area contributed by atoms with E-state index >= 15 is 0 Å². The Hall–Kier alpha value is -1.20. The largest absolute Gasteiger partial charge is 0.379 e. The van der Waals surface area contributed by atoms with Gasteiger partial charge < -0.3 is 9.64 Å². The van der Waals surface area contributed by atoms with Crippen LogP contribution in [0.25, 0.3) is 0 Å². The van der Waals surface area contributed by atoms with Crippen molar-refractivity contribution in [2.45, 2.75) is 6.54 Å². The van der Waals surface area contributed by atoms with Gasteiger partial charge in [-0.1, -0.05) is 18.2 Å². The third-order valence-corrected chi connectivity index (χ3v) is 3.12. The van der Waals surface area contributed by atoms with Crippen molar-refractivity contribution in [1.29, 1.82) is 0 Å². The Kier molecular flexibility index (Phi) is 4.49. The van der Waals surface area contributed by atoms with Crippen molar-refractivity contribution in [1.82, 2.24) is 4.90 Å². The van der Waals surface area contributed by atoms with Gasteiger partial charge in [-0.15, -0.1) is 0 Å². The Morgan fingerprint density at radius 2 is 2.11 bits per heavy atom. The zero-order valence-corrected chi connectivity index (χ0v) is 11.4. The summed E-state index contributed by atoms with van der Waals surface area (Å²) in [6, 6.07) is 8.03. The van der Waals surface area contributed by atoms with Crippen LogP contribution in [0.2, 0.25) is 0 Å². The maximum Gasteiger partial charge on any atom is 0.324 e. The fourth-order valence-corrected chi connectivity index (χ4v) is 2.21. The summed E-state index contributed by atoms with van der Waals surface area (Å²) in [4.78, 5) is 15.6. The minimum Gasteiger partial charge on any atom is -0.379 e. The van der Waals surface area contributed by atoms with Gasteiger partial charge in [-0.3, -0.25) is 4.90 Å². The first kappa shape index (κ1) is 13.2. The SMILES string of the molecule is CN1Cc2ccccc2N(CCOCCS)C1=O. The molecule has 0 N–H and O–H groups in total. The second-order valence-corrected chi connectivity index (χ2v) is 4.70. The van der Waals surface area contributed by atoms with E-state index in [1.807, 2.05) is 25.2 Å². The van der Waals surface area contributed by atoms with Gasteiger partial charge in [0, 0.05) is 19.3 Å². The molecular weight excluding hydrogens is 248 g/mol. The van der Waals surface area contributed by atoms with Crippen molar-refractivity contribution < 1.29 is 9.53 Å². The minimum absolute atomic E-state index is 0.0307. The van der Waals surface area contributed by atoms with E-state index in [1.54, 1.807) is 9.80 Å². The Bertz CT molecular complexity index is 425. The summed E-state index contributed by atoms with van der Waals surface area (Å²) in [6.45, 7) is 2.40. The van der Waals surface area contributed by atoms with Gasteiger partial charge in [0.05, 0.1) is 25.4 Å². The lowest BCUT2D eigenvalue weighted by Crippen LogP contribution is -2.46. The Morgan fingerprint density at radius 1 is 1.33 bits per heavy atom. The molecule has 0 saturated heterocycles. The Morgan fingerprint density at radius 3 is 2.89 bits per heavy atom. The molecule has 0 aliphatic carbocycles. The maximum atomic E-state index is 12.1. The number of ether oxygens (including phenoxy) is 1. The predicted molar refractivity (Wildman–Crippen MR) is 75.3 cm³/mol. The van der Waals surface area contributed by atoms with Crippen molar-refractivity contribution in [3.05, 3.63) is 29.8 Å². The number of carbonyl (C=O) groups is 1. The van der Waals surface area contributed by atoms with Gasteiger partial charge in [-0.05, 0) is 11.6 Å². The normalized spacial score (nSPS) is 14.9. The maximum absolute atomic E-state index is 12.1. The van der Waals surface area contributed by atoms with E-state index in [4.69, 9.17) is 4.74 Å². The molecule has 18 heavy (non-hydrogen) atoms. The summed E-state index contributed by atoms with van der Waals surface area (Å²) in [5.41, 5.74) is 2.17. The molecule has 0 aromatic heterocycles. The van der Waals surface area contributed by atoms with Crippen LogP contribution < -0.4 is 4.90 Å². The zero-order chi connectivity index (χ0) is 13.0. The lowest BCUT2D eigenvalue weighted by molar-refractivity contribution is 0.153. The van der Waals surface area contributed by atoms with Crippen LogP contribution in [0, 0.1) is 0 Å². The van der Waals surface area contributed by atoms with Crippen LogP contribution in [0.5, 0.6) is 0 Å². The number of hydrogen-bond donors (Lipinski definition) is 1. The summed E-state index contributed by atoms with van der Waals surface area (Å²) in [6.07, 6.45) is 0. The first-order chi connectivity index (χ1) is 8.74. The van der Waals surface area contributed by atoms with Crippen molar-refractivity contribution >= 4 is 24.3 Å². The molecular formula is C13H18N2O2S. The summed E-state index contributed by atoms with van der Waals surface area (Å²) in [7, 11) is 1.82. The highest BCUT2D eigenvalue weighted by molar-refractivity contribution is 7.80. The fraction of sp³-hybridized carbons (Fsp3) is 0.462. The van der Waals surface area contributed by atoms with E-state index in [2.05, 4.69) is 18.7 Å². The topological polar surface area (TPSA) is 32.8 Å². The molecule has 1 aromatic rings. The lowest BCUT2D eigenvalue weighted by Gasteiger charge is -2.35. The number of para-hydroxylation sites is 1. The van der Waals surface area contributed by atoms with Gasteiger partial charge in [-0.25, -0.2) is 4.79 Å². The first-order valence-electron chi connectivity index (χ1n) is 6.03. The number of rotatable bonds is 5. The molecule has 2 rings (SSSR count). The highest BCUT2D eigenvalue weighted by atomic mass is 32.1. The van der Waals surface area contributed by atoms with Crippen LogP contribution in [0.3, 0.4) is 0 Å². The van der Waals surface area contributed by atoms with Crippen molar-refractivity contribution in [2.24, 2.45) is 0 Å². The first-order valence-corrected chi connectivity index (χ1v) is 6.66. The summed E-state index contributed by atoms with van der Waals surface area (Å²) in [5, 5.41) is 0. The Labute approximate surface area is 113 Å². The zero-order valence-electron chi connectivity index (χ0n) is 10.5. The van der Waals surface area contributed by atoms with Crippen LogP contribution in [-0.4, -0.2) is 43.5 Å². The summed E-state index contributed by atoms with van der Waals surface area (Å²) in [5.74, 6) is 0.699. The average molecular weight is 266 g/mol. The van der Waals surface area contributed by atoms with Crippen molar-refractivity contribution in [3.8, 4) is 0 Å². The number of nitrogens with zero attached hydrogens (tertiary/aromatic N) is 2. The van der Waals surface area contributed by atoms with Gasteiger partial charge >= 0.3 is 6.03 Å². The highest BCUT2D eigenvalue weighted by Gasteiger charge is 2.27. The number of fused-ring (bicyclic) bond motifs is 1. The fourth-order valence-electron chi connectivity index (χ4n) is 2.08. The molecule has 1 aliphatic rings. The third kappa shape index (κ3) is 2.79. The van der Waals surface area contributed by atoms with Gasteiger partial charge in [-0.2, -0.15) is 12.6 Å². The van der Waals surface area contributed by atoms with Gasteiger partial charge in [0.15, 0.2) is 0 Å². The van der Waals surface area contributed by atoms with Gasteiger partial charge in [0.1, 0.15) is 0 Å². The summed E-state index contributed by atoms with van der Waals surface area (Å²) >= 11 is 4.08. The molecule has 1 heterocycles. The second kappa shape index (κ2) is 6.11. The number of anilines is 1. The molecule has 2 amide bonds. The molecule has 0 spiro atoms. The van der Waals surface area contributed by atoms with E-state index in [0.717, 1.165) is 5.69 Å². The van der Waals surface area contributed by atoms with Crippen molar-refractivity contribution in [2.75, 3.05) is 37.5 Å². The number of urea groups is 1. The Balaban J connectivity index is 2.09. The van der Waals surface area contributed by atoms with Gasteiger partial charge in [0.2, 0.25) is 0 Å². The van der Waals surface area contributed by atoms with E-state index in [0.29, 0.717) is 32.1 Å². The number of amides is 2. The summed E-state index contributed by atoms with van der Waals surface area (Å²) < 4.78 is 5.40. The van der Waals surface area contributed by atoms with E-state index in [9.17, 15) is 4.79 Å². The number of hydrogen-bond acceptors (Lipinski definition) is 3. The monoisotopic (exact) mass is 266 g/mol. The van der Waals surface area contributed by atoms with Crippen LogP contribution in [0.1, 0.15) is 5.56 Å². The smallest absolute Gasteiger partial charge is 0.324 e. The highest BCUT2D eigenvalue weighted by Crippen LogP contribution is 2.27. The third-order valence-electron chi connectivity index (χ3n) is 2.94. The molecule has 0 atom stereocenters. The average Bonchev–Trinajstić information content (AvgIpc) is 2.38. The molecule has 1 aliphatic heterocycles. The molecule has 0 unspecified atom stereocenters. The van der Waals surface area contributed by atoms with Crippen LogP contribution in [0.15, 0.2) is 24.3 Å². The van der Waals surface area contributed by atoms with E-state index < -0.39 is 0 Å². The number of benzene rings is 1. The van der Waals surface area contributed by atoms with Gasteiger partial charge in [0.25, 0.3) is 0 Å². The standard InChI is InChI=1S/C13H18N2O2S/c1-14-10-11-4-2-3-5-12(11)15(13(14)16)6-7-17-8-9-18/h2-5,18H,6-10H2,1H3. The molecule has 0 saturated carbocycles. The quantitative estimate of drug-likeness (QED) is 0.653. The van der Waals surface area contributed by atoms with Crippen LogP contribution >= 0.6 is 12.6 Å². The number of carbonyl (C=O) groups excluding carboxylic acids is 1. The molecule has 4 nitrogen and oxygen atoms in total. The molecule has 0 radical (unpaired) electrons. The molecule has 5 heteroatoms. The second-order valence-electron chi connectivity index (χ2n) is 4.25. The molecule has 0 bridgehead atoms. The molecule has 1 aromatic carbocycles. The molecule has 0 fully saturated rings. The molecule has 98 valence electrons. The minimum atomic E-state index is 0.0307. The van der Waals surface area contributed by atoms with E-state index in [-0.39, 0.29) is 6.03 Å². The lowest BCUT2D eigenvalue weighted by atomic mass is 10.1. The predicted octanol–water partition coefficient (Wildman–Crippen LogP) is 2.00. The number of thiol groups is 1.